The van der Waals surface area contributed by atoms with Crippen LogP contribution in [0.15, 0.2) is 47.4 Å². The van der Waals surface area contributed by atoms with Crippen LogP contribution in [-0.4, -0.2) is 22.6 Å². The van der Waals surface area contributed by atoms with E-state index in [1.807, 2.05) is 18.2 Å². The van der Waals surface area contributed by atoms with Gasteiger partial charge in [0.1, 0.15) is 0 Å². The molecule has 2 nitrogen and oxygen atoms in total. The molecule has 0 aliphatic carbocycles. The summed E-state index contributed by atoms with van der Waals surface area (Å²) >= 11 is 14.5. The zero-order valence-corrected chi connectivity index (χ0v) is 19.1. The van der Waals surface area contributed by atoms with Gasteiger partial charge in [-0.2, -0.15) is 0 Å². The molecule has 3 aromatic rings. The number of hydrogen-bond acceptors (Lipinski definition) is 2. The van der Waals surface area contributed by atoms with E-state index in [1.54, 1.807) is 11.8 Å². The van der Waals surface area contributed by atoms with Crippen LogP contribution in [0.5, 0.6) is 0 Å². The molecule has 150 valence electrons. The molecular formula is C22H25Cl3N2S. The highest BCUT2D eigenvalue weighted by molar-refractivity contribution is 7.98. The molecule has 1 aliphatic heterocycles. The predicted molar refractivity (Wildman–Crippen MR) is 125 cm³/mol. The van der Waals surface area contributed by atoms with Gasteiger partial charge in [-0.1, -0.05) is 53.9 Å². The molecule has 0 bridgehead atoms. The van der Waals surface area contributed by atoms with Crippen LogP contribution in [0.2, 0.25) is 10.0 Å². The number of aryl methyl sites for hydroxylation is 1. The summed E-state index contributed by atoms with van der Waals surface area (Å²) in [6, 6.07) is 14.4. The maximum Gasteiger partial charge on any atom is 0.0557 e. The Morgan fingerprint density at radius 2 is 1.61 bits per heavy atom. The number of hydrogen-bond donors (Lipinski definition) is 0. The smallest absolute Gasteiger partial charge is 0.0557 e. The summed E-state index contributed by atoms with van der Waals surface area (Å²) in [6.07, 6.45) is 3.98. The van der Waals surface area contributed by atoms with Gasteiger partial charge in [-0.15, -0.1) is 24.2 Å². The Bertz CT molecular complexity index is 928. The standard InChI is InChI=1S/C22H24Cl2N2S.ClH/c1-25-20-11-4-3-8-16(20)17(14-26-12-5-2-6-13-26)21(25)15-27-22-18(23)9-7-10-19(22)24;/h3-4,7-11H,2,5-6,12-15H2,1H3;1H. The maximum absolute atomic E-state index is 6.39. The van der Waals surface area contributed by atoms with Gasteiger partial charge >= 0.3 is 0 Å². The number of para-hydroxylation sites is 1. The van der Waals surface area contributed by atoms with Crippen LogP contribution in [0.25, 0.3) is 10.9 Å². The first-order valence-electron chi connectivity index (χ1n) is 9.49. The summed E-state index contributed by atoms with van der Waals surface area (Å²) in [5.74, 6) is 0.859. The molecular weight excluding hydrogens is 431 g/mol. The molecule has 6 heteroatoms. The third-order valence-electron chi connectivity index (χ3n) is 5.45. The Morgan fingerprint density at radius 1 is 0.929 bits per heavy atom. The van der Waals surface area contributed by atoms with Gasteiger partial charge in [-0.25, -0.2) is 0 Å². The van der Waals surface area contributed by atoms with E-state index in [2.05, 4.69) is 40.8 Å². The lowest BCUT2D eigenvalue weighted by molar-refractivity contribution is 0.221. The van der Waals surface area contributed by atoms with Gasteiger partial charge < -0.3 is 4.57 Å². The topological polar surface area (TPSA) is 8.17 Å². The van der Waals surface area contributed by atoms with Crippen molar-refractivity contribution in [2.24, 2.45) is 7.05 Å². The summed E-state index contributed by atoms with van der Waals surface area (Å²) < 4.78 is 2.34. The lowest BCUT2D eigenvalue weighted by Crippen LogP contribution is -2.29. The Balaban J connectivity index is 0.00000225. The molecule has 4 rings (SSSR count). The van der Waals surface area contributed by atoms with Crippen molar-refractivity contribution in [1.82, 2.24) is 9.47 Å². The fraction of sp³-hybridized carbons (Fsp3) is 0.364. The third-order valence-corrected chi connectivity index (χ3v) is 7.45. The van der Waals surface area contributed by atoms with E-state index in [1.165, 1.54) is 54.5 Å². The van der Waals surface area contributed by atoms with Crippen molar-refractivity contribution in [2.45, 2.75) is 36.5 Å². The number of thioether (sulfide) groups is 1. The van der Waals surface area contributed by atoms with Crippen molar-refractivity contribution in [3.8, 4) is 0 Å². The first-order valence-corrected chi connectivity index (χ1v) is 11.2. The van der Waals surface area contributed by atoms with Crippen LogP contribution < -0.4 is 0 Å². The van der Waals surface area contributed by atoms with E-state index in [4.69, 9.17) is 23.2 Å². The van der Waals surface area contributed by atoms with Gasteiger partial charge in [-0.05, 0) is 49.7 Å². The minimum Gasteiger partial charge on any atom is -0.347 e. The first kappa shape index (κ1) is 21.9. The van der Waals surface area contributed by atoms with Crippen LogP contribution in [0.1, 0.15) is 30.5 Å². The van der Waals surface area contributed by atoms with E-state index >= 15 is 0 Å². The summed E-state index contributed by atoms with van der Waals surface area (Å²) in [6.45, 7) is 3.42. The van der Waals surface area contributed by atoms with Gasteiger partial charge in [-0.3, -0.25) is 4.90 Å². The highest BCUT2D eigenvalue weighted by Gasteiger charge is 2.19. The number of fused-ring (bicyclic) bond motifs is 1. The number of rotatable bonds is 5. The van der Waals surface area contributed by atoms with Gasteiger partial charge in [0.15, 0.2) is 0 Å². The lowest BCUT2D eigenvalue weighted by Gasteiger charge is -2.26. The van der Waals surface area contributed by atoms with E-state index in [0.29, 0.717) is 0 Å². The second kappa shape index (κ2) is 9.77. The Hall–Kier alpha value is -0.840. The SMILES string of the molecule is Cl.Cn1c(CSc2c(Cl)cccc2Cl)c(CN2CCCCC2)c2ccccc21. The van der Waals surface area contributed by atoms with Crippen molar-refractivity contribution in [3.63, 3.8) is 0 Å². The minimum atomic E-state index is 0. The monoisotopic (exact) mass is 454 g/mol. The normalized spacial score (nSPS) is 15.0. The number of likely N-dealkylation sites (tertiary alicyclic amines) is 1. The van der Waals surface area contributed by atoms with Crippen LogP contribution in [0.3, 0.4) is 0 Å². The van der Waals surface area contributed by atoms with Crippen molar-refractivity contribution in [1.29, 1.82) is 0 Å². The number of benzene rings is 2. The van der Waals surface area contributed by atoms with Crippen molar-refractivity contribution in [2.75, 3.05) is 13.1 Å². The second-order valence-electron chi connectivity index (χ2n) is 7.18. The first-order chi connectivity index (χ1) is 13.1. The molecule has 1 fully saturated rings. The lowest BCUT2D eigenvalue weighted by atomic mass is 10.1. The third kappa shape index (κ3) is 4.49. The van der Waals surface area contributed by atoms with E-state index in [9.17, 15) is 0 Å². The fourth-order valence-electron chi connectivity index (χ4n) is 3.99. The van der Waals surface area contributed by atoms with Crippen molar-refractivity contribution < 1.29 is 0 Å². The number of aromatic nitrogens is 1. The van der Waals surface area contributed by atoms with E-state index in [-0.39, 0.29) is 12.4 Å². The predicted octanol–water partition coefficient (Wildman–Crippen LogP) is 7.19. The summed E-state index contributed by atoms with van der Waals surface area (Å²) in [7, 11) is 2.17. The Kier molecular flexibility index (Phi) is 7.63. The van der Waals surface area contributed by atoms with Crippen molar-refractivity contribution >= 4 is 58.3 Å². The zero-order valence-electron chi connectivity index (χ0n) is 16.0. The molecule has 0 radical (unpaired) electrons. The minimum absolute atomic E-state index is 0. The summed E-state index contributed by atoms with van der Waals surface area (Å²) in [5, 5.41) is 2.82. The summed E-state index contributed by atoms with van der Waals surface area (Å²) in [4.78, 5) is 3.57. The Morgan fingerprint density at radius 3 is 2.32 bits per heavy atom. The number of piperidine rings is 1. The largest absolute Gasteiger partial charge is 0.347 e. The van der Waals surface area contributed by atoms with E-state index < -0.39 is 0 Å². The molecule has 1 aromatic heterocycles. The highest BCUT2D eigenvalue weighted by Crippen LogP contribution is 2.38. The molecule has 0 saturated carbocycles. The molecule has 2 aromatic carbocycles. The highest BCUT2D eigenvalue weighted by atomic mass is 35.5. The van der Waals surface area contributed by atoms with Gasteiger partial charge in [0.2, 0.25) is 0 Å². The number of nitrogens with zero attached hydrogens (tertiary/aromatic N) is 2. The molecule has 0 N–H and O–H groups in total. The molecule has 2 heterocycles. The molecule has 1 aliphatic rings. The van der Waals surface area contributed by atoms with Crippen LogP contribution >= 0.6 is 47.4 Å². The molecule has 1 saturated heterocycles. The van der Waals surface area contributed by atoms with Crippen molar-refractivity contribution in [3.05, 3.63) is 63.8 Å². The van der Waals surface area contributed by atoms with E-state index in [0.717, 1.165) is 27.2 Å². The molecule has 28 heavy (non-hydrogen) atoms. The maximum atomic E-state index is 6.39. The van der Waals surface area contributed by atoms with Crippen LogP contribution in [0.4, 0.5) is 0 Å². The quantitative estimate of drug-likeness (QED) is 0.376. The number of halogens is 3. The van der Waals surface area contributed by atoms with Gasteiger partial charge in [0.25, 0.3) is 0 Å². The zero-order chi connectivity index (χ0) is 18.8. The molecule has 0 amide bonds. The van der Waals surface area contributed by atoms with Crippen LogP contribution in [-0.2, 0) is 19.3 Å². The average molecular weight is 456 g/mol. The molecule has 0 unspecified atom stereocenters. The second-order valence-corrected chi connectivity index (χ2v) is 8.98. The fourth-order valence-corrected chi connectivity index (χ4v) is 5.77. The van der Waals surface area contributed by atoms with Gasteiger partial charge in [0, 0.05) is 40.8 Å². The molecule has 0 spiro atoms. The average Bonchev–Trinajstić information content (AvgIpc) is 2.94. The summed E-state index contributed by atoms with van der Waals surface area (Å²) in [5.41, 5.74) is 4.11. The Labute approximate surface area is 187 Å². The van der Waals surface area contributed by atoms with Gasteiger partial charge in [0.05, 0.1) is 10.0 Å². The molecule has 0 atom stereocenters. The van der Waals surface area contributed by atoms with Crippen LogP contribution in [0, 0.1) is 0 Å².